The molecule has 3 aromatic rings. The molecular formula is C15H14N2O2S. The van der Waals surface area contributed by atoms with Gasteiger partial charge in [-0.1, -0.05) is 18.2 Å². The lowest BCUT2D eigenvalue weighted by Gasteiger charge is -2.09. The van der Waals surface area contributed by atoms with Crippen LogP contribution in [0.25, 0.3) is 11.0 Å². The van der Waals surface area contributed by atoms with E-state index >= 15 is 0 Å². The normalized spacial score (nSPS) is 11.9. The minimum atomic E-state index is -3.61. The summed E-state index contributed by atoms with van der Waals surface area (Å²) in [6.07, 6.45) is 1.68. The van der Waals surface area contributed by atoms with Crippen LogP contribution in [0.5, 0.6) is 0 Å². The molecule has 0 aliphatic rings. The largest absolute Gasteiger partial charge is 0.269 e. The third-order valence-corrected chi connectivity index (χ3v) is 5.00. The first kappa shape index (κ1) is 12.9. The molecule has 0 N–H and O–H groups in total. The fourth-order valence-corrected chi connectivity index (χ4v) is 3.84. The van der Waals surface area contributed by atoms with Crippen LogP contribution < -0.4 is 0 Å². The van der Waals surface area contributed by atoms with Gasteiger partial charge >= 0.3 is 0 Å². The third kappa shape index (κ3) is 1.91. The van der Waals surface area contributed by atoms with E-state index in [4.69, 9.17) is 0 Å². The summed E-state index contributed by atoms with van der Waals surface area (Å²) in [5, 5.41) is 0.835. The predicted molar refractivity (Wildman–Crippen MR) is 78.2 cm³/mol. The number of benzene rings is 1. The van der Waals surface area contributed by atoms with Crippen molar-refractivity contribution in [2.75, 3.05) is 0 Å². The third-order valence-electron chi connectivity index (χ3n) is 3.19. The highest BCUT2D eigenvalue weighted by atomic mass is 32.2. The van der Waals surface area contributed by atoms with Gasteiger partial charge in [0.2, 0.25) is 0 Å². The summed E-state index contributed by atoms with van der Waals surface area (Å²) in [7, 11) is -3.61. The molecule has 0 unspecified atom stereocenters. The van der Waals surface area contributed by atoms with Gasteiger partial charge in [-0.25, -0.2) is 17.4 Å². The summed E-state index contributed by atoms with van der Waals surface area (Å²) < 4.78 is 26.8. The fourth-order valence-electron chi connectivity index (χ4n) is 2.31. The Bertz CT molecular complexity index is 881. The maximum atomic E-state index is 12.7. The van der Waals surface area contributed by atoms with Crippen molar-refractivity contribution in [1.82, 2.24) is 8.96 Å². The second-order valence-electron chi connectivity index (χ2n) is 4.79. The van der Waals surface area contributed by atoms with Crippen LogP contribution in [-0.2, 0) is 10.0 Å². The van der Waals surface area contributed by atoms with E-state index in [1.165, 1.54) is 3.97 Å². The van der Waals surface area contributed by atoms with Crippen LogP contribution in [0, 0.1) is 13.8 Å². The quantitative estimate of drug-likeness (QED) is 0.728. The fraction of sp³-hybridized carbons (Fsp3) is 0.133. The predicted octanol–water partition coefficient (Wildman–Crippen LogP) is 2.89. The molecule has 0 aliphatic heterocycles. The van der Waals surface area contributed by atoms with E-state index in [0.717, 1.165) is 10.9 Å². The summed E-state index contributed by atoms with van der Waals surface area (Å²) in [5.41, 5.74) is 2.13. The second kappa shape index (κ2) is 4.45. The Morgan fingerprint density at radius 1 is 1.05 bits per heavy atom. The Morgan fingerprint density at radius 3 is 2.45 bits per heavy atom. The Hall–Kier alpha value is -2.14. The van der Waals surface area contributed by atoms with Crippen LogP contribution in [0.2, 0.25) is 0 Å². The van der Waals surface area contributed by atoms with Gasteiger partial charge in [0.15, 0.2) is 5.65 Å². The van der Waals surface area contributed by atoms with Crippen molar-refractivity contribution in [2.45, 2.75) is 18.7 Å². The molecule has 2 heterocycles. The molecule has 0 saturated carbocycles. The van der Waals surface area contributed by atoms with E-state index in [2.05, 4.69) is 4.98 Å². The van der Waals surface area contributed by atoms with Crippen LogP contribution in [0.3, 0.4) is 0 Å². The van der Waals surface area contributed by atoms with E-state index in [1.807, 2.05) is 19.1 Å². The lowest BCUT2D eigenvalue weighted by atomic mass is 10.2. The first-order valence-corrected chi connectivity index (χ1v) is 7.69. The number of rotatable bonds is 2. The smallest absolute Gasteiger partial charge is 0.237 e. The molecule has 0 spiro atoms. The van der Waals surface area contributed by atoms with Gasteiger partial charge in [0, 0.05) is 17.3 Å². The monoisotopic (exact) mass is 286 g/mol. The molecule has 0 saturated heterocycles. The average molecular weight is 286 g/mol. The molecule has 0 bridgehead atoms. The number of pyridine rings is 1. The summed E-state index contributed by atoms with van der Waals surface area (Å²) in [5.74, 6) is 0. The molecule has 2 aromatic heterocycles. The highest BCUT2D eigenvalue weighted by Gasteiger charge is 2.21. The zero-order valence-corrected chi connectivity index (χ0v) is 12.1. The maximum absolute atomic E-state index is 12.7. The van der Waals surface area contributed by atoms with Gasteiger partial charge in [-0.15, -0.1) is 0 Å². The zero-order valence-electron chi connectivity index (χ0n) is 11.2. The molecule has 5 heteroatoms. The zero-order chi connectivity index (χ0) is 14.3. The van der Waals surface area contributed by atoms with Gasteiger partial charge < -0.3 is 0 Å². The van der Waals surface area contributed by atoms with Crippen molar-refractivity contribution in [1.29, 1.82) is 0 Å². The molecule has 0 radical (unpaired) electrons. The number of hydrogen-bond donors (Lipinski definition) is 0. The Kier molecular flexibility index (Phi) is 2.87. The van der Waals surface area contributed by atoms with E-state index in [9.17, 15) is 8.42 Å². The van der Waals surface area contributed by atoms with E-state index < -0.39 is 10.0 Å². The number of hydrogen-bond acceptors (Lipinski definition) is 3. The second-order valence-corrected chi connectivity index (χ2v) is 6.58. The van der Waals surface area contributed by atoms with Crippen LogP contribution in [0.4, 0.5) is 0 Å². The topological polar surface area (TPSA) is 52.0 Å². The molecule has 0 fully saturated rings. The van der Waals surface area contributed by atoms with Gasteiger partial charge in [0.25, 0.3) is 10.0 Å². The van der Waals surface area contributed by atoms with Crippen molar-refractivity contribution in [3.8, 4) is 0 Å². The Morgan fingerprint density at radius 2 is 1.75 bits per heavy atom. The first-order valence-electron chi connectivity index (χ1n) is 6.25. The molecule has 0 atom stereocenters. The van der Waals surface area contributed by atoms with Gasteiger partial charge in [-0.05, 0) is 43.7 Å². The van der Waals surface area contributed by atoms with Gasteiger partial charge in [-0.3, -0.25) is 0 Å². The van der Waals surface area contributed by atoms with Crippen LogP contribution in [0.15, 0.2) is 53.6 Å². The van der Waals surface area contributed by atoms with Gasteiger partial charge in [-0.2, -0.15) is 0 Å². The Labute approximate surface area is 117 Å². The van der Waals surface area contributed by atoms with Crippen LogP contribution >= 0.6 is 0 Å². The van der Waals surface area contributed by atoms with Crippen molar-refractivity contribution in [3.63, 3.8) is 0 Å². The van der Waals surface area contributed by atoms with Crippen molar-refractivity contribution in [2.24, 2.45) is 0 Å². The van der Waals surface area contributed by atoms with Crippen LogP contribution in [-0.4, -0.2) is 17.4 Å². The number of aromatic nitrogens is 2. The molecular weight excluding hydrogens is 272 g/mol. The van der Waals surface area contributed by atoms with Gasteiger partial charge in [0.1, 0.15) is 0 Å². The van der Waals surface area contributed by atoms with E-state index in [1.54, 1.807) is 43.5 Å². The molecule has 0 amide bonds. The number of aryl methyl sites for hydroxylation is 2. The standard InChI is InChI=1S/C15H14N2O2S/c1-11-8-13-9-12(2)17(15(13)16-10-11)20(18,19)14-6-4-3-5-7-14/h3-10H,1-2H3. The molecule has 4 nitrogen and oxygen atoms in total. The lowest BCUT2D eigenvalue weighted by molar-refractivity contribution is 0.587. The molecule has 3 rings (SSSR count). The highest BCUT2D eigenvalue weighted by Crippen LogP contribution is 2.24. The van der Waals surface area contributed by atoms with Crippen LogP contribution in [0.1, 0.15) is 11.3 Å². The summed E-state index contributed by atoms with van der Waals surface area (Å²) in [6.45, 7) is 3.71. The molecule has 20 heavy (non-hydrogen) atoms. The van der Waals surface area contributed by atoms with Crippen molar-refractivity contribution >= 4 is 21.1 Å². The van der Waals surface area contributed by atoms with Gasteiger partial charge in [0.05, 0.1) is 4.90 Å². The van der Waals surface area contributed by atoms with Crippen molar-refractivity contribution in [3.05, 3.63) is 59.9 Å². The first-order chi connectivity index (χ1) is 9.50. The summed E-state index contributed by atoms with van der Waals surface area (Å²) in [4.78, 5) is 4.54. The number of fused-ring (bicyclic) bond motifs is 1. The molecule has 1 aromatic carbocycles. The highest BCUT2D eigenvalue weighted by molar-refractivity contribution is 7.90. The minimum Gasteiger partial charge on any atom is -0.237 e. The average Bonchev–Trinajstić information content (AvgIpc) is 2.75. The lowest BCUT2D eigenvalue weighted by Crippen LogP contribution is -2.14. The molecule has 102 valence electrons. The van der Waals surface area contributed by atoms with E-state index in [0.29, 0.717) is 11.3 Å². The minimum absolute atomic E-state index is 0.267. The summed E-state index contributed by atoms with van der Waals surface area (Å²) >= 11 is 0. The van der Waals surface area contributed by atoms with Crippen molar-refractivity contribution < 1.29 is 8.42 Å². The maximum Gasteiger partial charge on any atom is 0.269 e. The SMILES string of the molecule is Cc1cnc2c(c1)cc(C)n2S(=O)(=O)c1ccccc1. The Balaban J connectivity index is 2.32. The number of nitrogens with zero attached hydrogens (tertiary/aromatic N) is 2. The van der Waals surface area contributed by atoms with E-state index in [-0.39, 0.29) is 4.90 Å². The summed E-state index contributed by atoms with van der Waals surface area (Å²) in [6, 6.07) is 12.2. The molecule has 0 aliphatic carbocycles.